The highest BCUT2D eigenvalue weighted by Gasteiger charge is 2.48. The van der Waals surface area contributed by atoms with Crippen molar-refractivity contribution in [1.82, 2.24) is 10.6 Å². The summed E-state index contributed by atoms with van der Waals surface area (Å²) in [5.74, 6) is 0.838. The molecule has 2 aliphatic rings. The molecule has 0 aromatic heterocycles. The quantitative estimate of drug-likeness (QED) is 0.455. The molecule has 2 heterocycles. The number of ether oxygens (including phenoxy) is 2. The van der Waals surface area contributed by atoms with Gasteiger partial charge in [-0.3, -0.25) is 4.79 Å². The Hall–Kier alpha value is -2.60. The van der Waals surface area contributed by atoms with E-state index in [0.29, 0.717) is 16.6 Å². The molecule has 0 saturated carbocycles. The molecule has 6 heteroatoms. The lowest BCUT2D eigenvalue weighted by molar-refractivity contribution is -0.131. The Morgan fingerprint density at radius 1 is 1.18 bits per heavy atom. The first-order valence-electron chi connectivity index (χ1n) is 9.41. The first kappa shape index (κ1) is 18.7. The summed E-state index contributed by atoms with van der Waals surface area (Å²) in [6, 6.07) is 15.8. The average molecular weight is 397 g/mol. The average Bonchev–Trinajstić information content (AvgIpc) is 2.59. The lowest BCUT2D eigenvalue weighted by Gasteiger charge is -2.51. The molecule has 28 heavy (non-hydrogen) atoms. The molecule has 1 fully saturated rings. The Balaban J connectivity index is 1.81. The molecule has 0 aliphatic carbocycles. The van der Waals surface area contributed by atoms with Crippen LogP contribution in [0.5, 0.6) is 11.5 Å². The van der Waals surface area contributed by atoms with Crippen molar-refractivity contribution in [3.8, 4) is 11.5 Å². The Kier molecular flexibility index (Phi) is 4.54. The zero-order valence-electron chi connectivity index (χ0n) is 16.2. The van der Waals surface area contributed by atoms with E-state index in [2.05, 4.69) is 36.6 Å². The maximum absolute atomic E-state index is 11.4. The van der Waals surface area contributed by atoms with Crippen molar-refractivity contribution in [2.45, 2.75) is 50.8 Å². The molecule has 2 atom stereocenters. The van der Waals surface area contributed by atoms with Crippen molar-refractivity contribution in [3.63, 3.8) is 0 Å². The highest BCUT2D eigenvalue weighted by atomic mass is 32.1. The fourth-order valence-electron chi connectivity index (χ4n) is 4.38. The molecular formula is C22H24N2O3S. The third kappa shape index (κ3) is 3.56. The molecule has 146 valence electrons. The summed E-state index contributed by atoms with van der Waals surface area (Å²) in [5, 5.41) is 7.54. The second-order valence-electron chi connectivity index (χ2n) is 8.19. The highest BCUT2D eigenvalue weighted by Crippen LogP contribution is 2.50. The summed E-state index contributed by atoms with van der Waals surface area (Å²) in [5.41, 5.74) is 1.61. The van der Waals surface area contributed by atoms with Crippen LogP contribution in [0.3, 0.4) is 0 Å². The molecule has 1 saturated heterocycles. The largest absolute Gasteiger partial charge is 0.485 e. The molecular weight excluding hydrogens is 372 g/mol. The summed E-state index contributed by atoms with van der Waals surface area (Å²) < 4.78 is 11.7. The van der Waals surface area contributed by atoms with Crippen molar-refractivity contribution < 1.29 is 14.3 Å². The fourth-order valence-corrected chi connectivity index (χ4v) is 4.86. The second kappa shape index (κ2) is 6.78. The number of hydrogen-bond acceptors (Lipinski definition) is 4. The Bertz CT molecular complexity index is 929. The van der Waals surface area contributed by atoms with Crippen molar-refractivity contribution in [2.75, 3.05) is 0 Å². The number of carbonyl (C=O) groups excluding carboxylic acids is 1. The van der Waals surface area contributed by atoms with E-state index in [4.69, 9.17) is 21.7 Å². The van der Waals surface area contributed by atoms with E-state index >= 15 is 0 Å². The molecule has 2 aliphatic heterocycles. The van der Waals surface area contributed by atoms with E-state index in [9.17, 15) is 4.79 Å². The van der Waals surface area contributed by atoms with E-state index in [1.165, 1.54) is 6.92 Å². The molecule has 0 bridgehead atoms. The Labute approximate surface area is 170 Å². The van der Waals surface area contributed by atoms with Gasteiger partial charge in [0.25, 0.3) is 0 Å². The molecule has 5 nitrogen and oxygen atoms in total. The van der Waals surface area contributed by atoms with Crippen LogP contribution in [0.25, 0.3) is 0 Å². The molecule has 1 spiro atoms. The number of esters is 1. The molecule has 0 amide bonds. The number of benzene rings is 2. The van der Waals surface area contributed by atoms with Crippen LogP contribution in [-0.4, -0.2) is 16.6 Å². The standard InChI is InChI=1S/C22H24N2O3S/c1-14(25)26-16-9-10-17-18(11-16)27-19(15-7-5-4-6-8-15)12-22(17)13-21(2,3)23-20(28)24-22/h4-11,19H,12-13H2,1-3H3,(H2,23,24,28)/t19-,22+/m1/s1. The van der Waals surface area contributed by atoms with Gasteiger partial charge in [-0.05, 0) is 50.2 Å². The van der Waals surface area contributed by atoms with Gasteiger partial charge in [-0.25, -0.2) is 0 Å². The lowest BCUT2D eigenvalue weighted by atomic mass is 9.72. The zero-order valence-corrected chi connectivity index (χ0v) is 17.1. The van der Waals surface area contributed by atoms with Gasteiger partial charge in [-0.2, -0.15) is 0 Å². The van der Waals surface area contributed by atoms with Crippen molar-refractivity contribution in [3.05, 3.63) is 59.7 Å². The van der Waals surface area contributed by atoms with Crippen LogP contribution >= 0.6 is 12.2 Å². The summed E-state index contributed by atoms with van der Waals surface area (Å²) in [4.78, 5) is 11.4. The monoisotopic (exact) mass is 396 g/mol. The van der Waals surface area contributed by atoms with Gasteiger partial charge in [0, 0.05) is 30.5 Å². The van der Waals surface area contributed by atoms with Crippen LogP contribution in [0.4, 0.5) is 0 Å². The van der Waals surface area contributed by atoms with Crippen molar-refractivity contribution in [2.24, 2.45) is 0 Å². The maximum Gasteiger partial charge on any atom is 0.308 e. The van der Waals surface area contributed by atoms with Gasteiger partial charge < -0.3 is 20.1 Å². The summed E-state index contributed by atoms with van der Waals surface area (Å²) >= 11 is 5.54. The molecule has 2 aromatic rings. The van der Waals surface area contributed by atoms with Crippen molar-refractivity contribution in [1.29, 1.82) is 0 Å². The summed E-state index contributed by atoms with van der Waals surface area (Å²) in [6.07, 6.45) is 1.46. The topological polar surface area (TPSA) is 59.6 Å². The van der Waals surface area contributed by atoms with Crippen LogP contribution in [0.1, 0.15) is 50.8 Å². The van der Waals surface area contributed by atoms with Gasteiger partial charge >= 0.3 is 5.97 Å². The predicted molar refractivity (Wildman–Crippen MR) is 111 cm³/mol. The molecule has 4 rings (SSSR count). The molecule has 2 N–H and O–H groups in total. The van der Waals surface area contributed by atoms with Crippen LogP contribution in [0, 0.1) is 0 Å². The zero-order chi connectivity index (χ0) is 19.9. The smallest absolute Gasteiger partial charge is 0.308 e. The van der Waals surface area contributed by atoms with E-state index in [-0.39, 0.29) is 23.2 Å². The van der Waals surface area contributed by atoms with Crippen LogP contribution in [0.2, 0.25) is 0 Å². The lowest BCUT2D eigenvalue weighted by Crippen LogP contribution is -2.65. The minimum Gasteiger partial charge on any atom is -0.485 e. The molecule has 0 radical (unpaired) electrons. The highest BCUT2D eigenvalue weighted by molar-refractivity contribution is 7.80. The van der Waals surface area contributed by atoms with Gasteiger partial charge in [0.05, 0.1) is 5.54 Å². The molecule has 2 aromatic carbocycles. The van der Waals surface area contributed by atoms with Crippen LogP contribution in [0.15, 0.2) is 48.5 Å². The summed E-state index contributed by atoms with van der Waals surface area (Å²) in [7, 11) is 0. The first-order valence-corrected chi connectivity index (χ1v) is 9.82. The number of fused-ring (bicyclic) bond motifs is 2. The van der Waals surface area contributed by atoms with E-state index in [1.54, 1.807) is 6.07 Å². The number of rotatable bonds is 2. The minimum absolute atomic E-state index is 0.134. The third-order valence-corrected chi connectivity index (χ3v) is 5.46. The fraction of sp³-hybridized carbons (Fsp3) is 0.364. The Morgan fingerprint density at radius 2 is 1.93 bits per heavy atom. The third-order valence-electron chi connectivity index (χ3n) is 5.25. The van der Waals surface area contributed by atoms with Gasteiger partial charge in [-0.15, -0.1) is 0 Å². The number of thiocarbonyl (C=S) groups is 1. The van der Waals surface area contributed by atoms with Gasteiger partial charge in [-0.1, -0.05) is 30.3 Å². The predicted octanol–water partition coefficient (Wildman–Crippen LogP) is 3.98. The normalized spacial score (nSPS) is 25.1. The number of hydrogen-bond donors (Lipinski definition) is 2. The van der Waals surface area contributed by atoms with E-state index in [1.807, 2.05) is 30.3 Å². The SMILES string of the molecule is CC(=O)Oc1ccc2c(c1)O[C@@H](c1ccccc1)C[C@]21CC(C)(C)NC(=S)N1. The van der Waals surface area contributed by atoms with E-state index < -0.39 is 0 Å². The molecule has 0 unspecified atom stereocenters. The van der Waals surface area contributed by atoms with Gasteiger partial charge in [0.1, 0.15) is 17.6 Å². The number of nitrogens with one attached hydrogen (secondary N) is 2. The number of carbonyl (C=O) groups is 1. The summed E-state index contributed by atoms with van der Waals surface area (Å²) in [6.45, 7) is 5.70. The Morgan fingerprint density at radius 3 is 2.61 bits per heavy atom. The second-order valence-corrected chi connectivity index (χ2v) is 8.60. The van der Waals surface area contributed by atoms with Crippen LogP contribution < -0.4 is 20.1 Å². The first-order chi connectivity index (χ1) is 13.3. The van der Waals surface area contributed by atoms with E-state index in [0.717, 1.165) is 24.0 Å². The van der Waals surface area contributed by atoms with Crippen molar-refractivity contribution >= 4 is 23.3 Å². The van der Waals surface area contributed by atoms with Crippen LogP contribution in [-0.2, 0) is 10.3 Å². The van der Waals surface area contributed by atoms with Gasteiger partial charge in [0.15, 0.2) is 5.11 Å². The van der Waals surface area contributed by atoms with Gasteiger partial charge in [0.2, 0.25) is 0 Å². The maximum atomic E-state index is 11.4. The minimum atomic E-state index is -0.366.